The number of nitrogens with zero attached hydrogens (tertiary/aromatic N) is 2. The van der Waals surface area contributed by atoms with Gasteiger partial charge in [-0.1, -0.05) is 13.0 Å². The van der Waals surface area contributed by atoms with E-state index >= 15 is 0 Å². The van der Waals surface area contributed by atoms with Crippen LogP contribution in [0.3, 0.4) is 0 Å². The molecule has 1 saturated heterocycles. The van der Waals surface area contributed by atoms with Crippen LogP contribution in [0.1, 0.15) is 30.8 Å². The zero-order chi connectivity index (χ0) is 13.2. The van der Waals surface area contributed by atoms with Crippen molar-refractivity contribution in [2.45, 2.75) is 26.3 Å². The molecule has 1 aromatic carbocycles. The fraction of sp³-hybridized carbons (Fsp3) is 0.533. The van der Waals surface area contributed by atoms with Crippen molar-refractivity contribution in [3.8, 4) is 0 Å². The van der Waals surface area contributed by atoms with Crippen LogP contribution in [0.25, 0.3) is 11.1 Å². The van der Waals surface area contributed by atoms with E-state index in [4.69, 9.17) is 4.42 Å². The van der Waals surface area contributed by atoms with Gasteiger partial charge >= 0.3 is 0 Å². The number of aryl methyl sites for hydroxylation is 1. The highest BCUT2D eigenvalue weighted by Crippen LogP contribution is 2.27. The van der Waals surface area contributed by atoms with Crippen LogP contribution in [0.2, 0.25) is 0 Å². The number of oxazole rings is 1. The van der Waals surface area contributed by atoms with Crippen molar-refractivity contribution < 1.29 is 4.42 Å². The van der Waals surface area contributed by atoms with Crippen LogP contribution >= 0.6 is 0 Å². The highest BCUT2D eigenvalue weighted by atomic mass is 16.3. The number of piperazine rings is 1. The molecule has 0 spiro atoms. The van der Waals surface area contributed by atoms with Crippen molar-refractivity contribution in [2.75, 3.05) is 26.2 Å². The predicted octanol–water partition coefficient (Wildman–Crippen LogP) is 2.49. The third-order valence-corrected chi connectivity index (χ3v) is 3.88. The van der Waals surface area contributed by atoms with Gasteiger partial charge in [0.15, 0.2) is 11.5 Å². The van der Waals surface area contributed by atoms with E-state index in [9.17, 15) is 0 Å². The first-order chi connectivity index (χ1) is 9.28. The number of nitrogens with one attached hydrogen (secondary N) is 1. The lowest BCUT2D eigenvalue weighted by atomic mass is 10.0. The summed E-state index contributed by atoms with van der Waals surface area (Å²) in [6, 6.07) is 6.91. The van der Waals surface area contributed by atoms with Crippen molar-refractivity contribution >= 4 is 11.1 Å². The molecule has 0 saturated carbocycles. The van der Waals surface area contributed by atoms with Crippen LogP contribution in [0, 0.1) is 6.92 Å². The highest BCUT2D eigenvalue weighted by Gasteiger charge is 2.21. The normalized spacial score (nSPS) is 18.8. The molecule has 1 aromatic heterocycles. The summed E-state index contributed by atoms with van der Waals surface area (Å²) < 4.78 is 5.55. The molecule has 0 aliphatic carbocycles. The van der Waals surface area contributed by atoms with Gasteiger partial charge in [0.1, 0.15) is 5.52 Å². The topological polar surface area (TPSA) is 41.3 Å². The first-order valence-electron chi connectivity index (χ1n) is 7.10. The van der Waals surface area contributed by atoms with Gasteiger partial charge in [-0.3, -0.25) is 4.90 Å². The van der Waals surface area contributed by atoms with Crippen LogP contribution in [-0.2, 0) is 0 Å². The maximum atomic E-state index is 5.55. The van der Waals surface area contributed by atoms with Crippen LogP contribution in [0.4, 0.5) is 0 Å². The SMILES string of the molecule is CCC(c1ccc2oc(C)nc2c1)N1CCNCC1. The second-order valence-electron chi connectivity index (χ2n) is 5.17. The maximum Gasteiger partial charge on any atom is 0.192 e. The van der Waals surface area contributed by atoms with E-state index in [2.05, 4.69) is 40.3 Å². The molecule has 0 radical (unpaired) electrons. The van der Waals surface area contributed by atoms with Crippen molar-refractivity contribution in [3.05, 3.63) is 29.7 Å². The number of hydrogen-bond donors (Lipinski definition) is 1. The molecule has 2 heterocycles. The zero-order valence-corrected chi connectivity index (χ0v) is 11.6. The summed E-state index contributed by atoms with van der Waals surface area (Å²) in [5, 5.41) is 3.41. The molecule has 4 nitrogen and oxygen atoms in total. The standard InChI is InChI=1S/C15H21N3O/c1-3-14(18-8-6-16-7-9-18)12-4-5-15-13(10-12)17-11(2)19-15/h4-5,10,14,16H,3,6-9H2,1-2H3. The fourth-order valence-corrected chi connectivity index (χ4v) is 2.97. The van der Waals surface area contributed by atoms with E-state index in [1.165, 1.54) is 5.56 Å². The summed E-state index contributed by atoms with van der Waals surface area (Å²) in [4.78, 5) is 7.00. The van der Waals surface area contributed by atoms with Gasteiger partial charge in [-0.05, 0) is 24.1 Å². The highest BCUT2D eigenvalue weighted by molar-refractivity contribution is 5.73. The molecular weight excluding hydrogens is 238 g/mol. The molecule has 3 rings (SSSR count). The van der Waals surface area contributed by atoms with Crippen molar-refractivity contribution in [2.24, 2.45) is 0 Å². The van der Waals surface area contributed by atoms with E-state index < -0.39 is 0 Å². The monoisotopic (exact) mass is 259 g/mol. The number of benzene rings is 1. The van der Waals surface area contributed by atoms with Gasteiger partial charge < -0.3 is 9.73 Å². The average Bonchev–Trinajstić information content (AvgIpc) is 2.80. The number of aromatic nitrogens is 1. The minimum Gasteiger partial charge on any atom is -0.441 e. The first kappa shape index (κ1) is 12.6. The molecule has 4 heteroatoms. The molecule has 102 valence electrons. The molecular formula is C15H21N3O. The molecule has 1 N–H and O–H groups in total. The molecule has 1 atom stereocenters. The zero-order valence-electron chi connectivity index (χ0n) is 11.6. The van der Waals surface area contributed by atoms with Crippen LogP contribution in [0.15, 0.2) is 22.6 Å². The largest absolute Gasteiger partial charge is 0.441 e. The maximum absolute atomic E-state index is 5.55. The Balaban J connectivity index is 1.91. The fourth-order valence-electron chi connectivity index (χ4n) is 2.97. The van der Waals surface area contributed by atoms with Crippen LogP contribution in [0.5, 0.6) is 0 Å². The lowest BCUT2D eigenvalue weighted by molar-refractivity contribution is 0.169. The van der Waals surface area contributed by atoms with E-state index in [-0.39, 0.29) is 0 Å². The minimum atomic E-state index is 0.489. The van der Waals surface area contributed by atoms with Crippen molar-refractivity contribution in [3.63, 3.8) is 0 Å². The summed E-state index contributed by atoms with van der Waals surface area (Å²) in [5.74, 6) is 0.738. The first-order valence-corrected chi connectivity index (χ1v) is 7.10. The lowest BCUT2D eigenvalue weighted by Crippen LogP contribution is -2.45. The van der Waals surface area contributed by atoms with Crippen LogP contribution < -0.4 is 5.32 Å². The van der Waals surface area contributed by atoms with Gasteiger partial charge in [0.05, 0.1) is 0 Å². The Kier molecular flexibility index (Phi) is 3.53. The summed E-state index contributed by atoms with van der Waals surface area (Å²) in [7, 11) is 0. The van der Waals surface area contributed by atoms with Gasteiger partial charge in [0.2, 0.25) is 0 Å². The molecule has 1 unspecified atom stereocenters. The summed E-state index contributed by atoms with van der Waals surface area (Å²) >= 11 is 0. The molecule has 0 amide bonds. The van der Waals surface area contributed by atoms with Gasteiger partial charge in [-0.15, -0.1) is 0 Å². The third kappa shape index (κ3) is 2.51. The Bertz CT molecular complexity index is 558. The van der Waals surface area contributed by atoms with Crippen LogP contribution in [-0.4, -0.2) is 36.1 Å². The predicted molar refractivity (Wildman–Crippen MR) is 76.2 cm³/mol. The molecule has 1 fully saturated rings. The third-order valence-electron chi connectivity index (χ3n) is 3.88. The quantitative estimate of drug-likeness (QED) is 0.919. The molecule has 0 bridgehead atoms. The Hall–Kier alpha value is -1.39. The molecule has 19 heavy (non-hydrogen) atoms. The summed E-state index contributed by atoms with van der Waals surface area (Å²) in [6.07, 6.45) is 1.13. The number of rotatable bonds is 3. The van der Waals surface area contributed by atoms with Gasteiger partial charge in [0, 0.05) is 39.1 Å². The van der Waals surface area contributed by atoms with Gasteiger partial charge in [0.25, 0.3) is 0 Å². The number of hydrogen-bond acceptors (Lipinski definition) is 4. The van der Waals surface area contributed by atoms with E-state index in [0.717, 1.165) is 49.6 Å². The number of fused-ring (bicyclic) bond motifs is 1. The Labute approximate surface area is 113 Å². The Morgan fingerprint density at radius 2 is 2.16 bits per heavy atom. The second kappa shape index (κ2) is 5.31. The average molecular weight is 259 g/mol. The van der Waals surface area contributed by atoms with Crippen molar-refractivity contribution in [1.29, 1.82) is 0 Å². The van der Waals surface area contributed by atoms with Crippen molar-refractivity contribution in [1.82, 2.24) is 15.2 Å². The Morgan fingerprint density at radius 3 is 2.89 bits per heavy atom. The Morgan fingerprint density at radius 1 is 1.37 bits per heavy atom. The smallest absolute Gasteiger partial charge is 0.192 e. The second-order valence-corrected chi connectivity index (χ2v) is 5.17. The lowest BCUT2D eigenvalue weighted by Gasteiger charge is -2.34. The van der Waals surface area contributed by atoms with E-state index in [1.807, 2.05) is 6.92 Å². The minimum absolute atomic E-state index is 0.489. The summed E-state index contributed by atoms with van der Waals surface area (Å²) in [6.45, 7) is 8.56. The van der Waals surface area contributed by atoms with Gasteiger partial charge in [-0.25, -0.2) is 4.98 Å². The molecule has 2 aromatic rings. The molecule has 1 aliphatic rings. The van der Waals surface area contributed by atoms with E-state index in [0.29, 0.717) is 6.04 Å². The molecule has 1 aliphatic heterocycles. The van der Waals surface area contributed by atoms with E-state index in [1.54, 1.807) is 0 Å². The summed E-state index contributed by atoms with van der Waals surface area (Å²) in [5.41, 5.74) is 3.21. The van der Waals surface area contributed by atoms with Gasteiger partial charge in [-0.2, -0.15) is 0 Å².